The van der Waals surface area contributed by atoms with Crippen LogP contribution in [0.1, 0.15) is 24.0 Å². The summed E-state index contributed by atoms with van der Waals surface area (Å²) in [5.41, 5.74) is 3.57. The monoisotopic (exact) mass is 330 g/mol. The predicted molar refractivity (Wildman–Crippen MR) is 77.1 cm³/mol. The summed E-state index contributed by atoms with van der Waals surface area (Å²) in [6.45, 7) is 0.984. The van der Waals surface area contributed by atoms with E-state index >= 15 is 0 Å². The standard InChI is InChI=1S/C14H19FN2O4S/c15-12-4-3-10-7-17(8-11(10)6-12)22(19,20)9-13(16-18)14-2-1-5-21-14/h3-4,6,13-14,16,18H,1-2,5,7-9H2/t13-,14+/m0/s1. The largest absolute Gasteiger partial charge is 0.376 e. The number of rotatable bonds is 5. The number of halogens is 1. The fraction of sp³-hybridized carbons (Fsp3) is 0.571. The molecule has 1 aromatic rings. The van der Waals surface area contributed by atoms with E-state index in [1.165, 1.54) is 16.4 Å². The highest BCUT2D eigenvalue weighted by Gasteiger charge is 2.35. The molecular weight excluding hydrogens is 311 g/mol. The van der Waals surface area contributed by atoms with E-state index < -0.39 is 16.1 Å². The molecule has 122 valence electrons. The van der Waals surface area contributed by atoms with E-state index in [4.69, 9.17) is 4.74 Å². The molecule has 0 amide bonds. The van der Waals surface area contributed by atoms with Crippen molar-refractivity contribution in [2.24, 2.45) is 0 Å². The second-order valence-electron chi connectivity index (χ2n) is 5.75. The number of hydrogen-bond acceptors (Lipinski definition) is 5. The number of nitrogens with zero attached hydrogens (tertiary/aromatic N) is 1. The summed E-state index contributed by atoms with van der Waals surface area (Å²) < 4.78 is 45.1. The third-order valence-corrected chi connectivity index (χ3v) is 6.05. The Morgan fingerprint density at radius 2 is 2.18 bits per heavy atom. The highest BCUT2D eigenvalue weighted by Crippen LogP contribution is 2.27. The Balaban J connectivity index is 1.71. The highest BCUT2D eigenvalue weighted by molar-refractivity contribution is 7.89. The van der Waals surface area contributed by atoms with Crippen molar-refractivity contribution in [2.45, 2.75) is 38.1 Å². The molecule has 0 aromatic heterocycles. The van der Waals surface area contributed by atoms with Crippen LogP contribution >= 0.6 is 0 Å². The number of nitrogens with one attached hydrogen (secondary N) is 1. The van der Waals surface area contributed by atoms with E-state index in [1.54, 1.807) is 6.07 Å². The number of ether oxygens (including phenoxy) is 1. The van der Waals surface area contributed by atoms with Crippen LogP contribution in [0.5, 0.6) is 0 Å². The van der Waals surface area contributed by atoms with Gasteiger partial charge in [0.15, 0.2) is 0 Å². The summed E-state index contributed by atoms with van der Waals surface area (Å²) in [6.07, 6.45) is 1.28. The average molecular weight is 330 g/mol. The molecule has 0 bridgehead atoms. The zero-order valence-electron chi connectivity index (χ0n) is 12.0. The third kappa shape index (κ3) is 3.16. The Hall–Kier alpha value is -1.06. The molecule has 0 saturated carbocycles. The molecular formula is C14H19FN2O4S. The van der Waals surface area contributed by atoms with Crippen molar-refractivity contribution < 1.29 is 22.8 Å². The lowest BCUT2D eigenvalue weighted by atomic mass is 10.1. The quantitative estimate of drug-likeness (QED) is 0.788. The molecule has 22 heavy (non-hydrogen) atoms. The Morgan fingerprint density at radius 1 is 1.41 bits per heavy atom. The smallest absolute Gasteiger partial charge is 0.216 e. The molecule has 0 spiro atoms. The molecule has 8 heteroatoms. The Labute approximate surface area is 128 Å². The van der Waals surface area contributed by atoms with Gasteiger partial charge in [-0.25, -0.2) is 12.8 Å². The van der Waals surface area contributed by atoms with Crippen LogP contribution in [0.25, 0.3) is 0 Å². The second-order valence-corrected chi connectivity index (χ2v) is 7.76. The van der Waals surface area contributed by atoms with Crippen LogP contribution in [0.4, 0.5) is 4.39 Å². The fourth-order valence-electron chi connectivity index (χ4n) is 3.01. The Morgan fingerprint density at radius 3 is 2.86 bits per heavy atom. The van der Waals surface area contributed by atoms with Crippen molar-refractivity contribution in [2.75, 3.05) is 12.4 Å². The molecule has 2 atom stereocenters. The number of hydrogen-bond donors (Lipinski definition) is 2. The van der Waals surface area contributed by atoms with Gasteiger partial charge in [-0.3, -0.25) is 0 Å². The van der Waals surface area contributed by atoms with Gasteiger partial charge >= 0.3 is 0 Å². The molecule has 1 saturated heterocycles. The van der Waals surface area contributed by atoms with Crippen molar-refractivity contribution in [3.63, 3.8) is 0 Å². The normalized spacial score (nSPS) is 23.6. The lowest BCUT2D eigenvalue weighted by molar-refractivity contribution is 0.0277. The third-order valence-electron chi connectivity index (χ3n) is 4.22. The van der Waals surface area contributed by atoms with E-state index in [1.807, 2.05) is 0 Å². The van der Waals surface area contributed by atoms with Crippen molar-refractivity contribution in [1.29, 1.82) is 0 Å². The van der Waals surface area contributed by atoms with Gasteiger partial charge < -0.3 is 9.94 Å². The van der Waals surface area contributed by atoms with Crippen molar-refractivity contribution in [3.05, 3.63) is 35.1 Å². The summed E-state index contributed by atoms with van der Waals surface area (Å²) in [4.78, 5) is 0. The van der Waals surface area contributed by atoms with Crippen LogP contribution in [0.2, 0.25) is 0 Å². The van der Waals surface area contributed by atoms with Crippen LogP contribution in [0.3, 0.4) is 0 Å². The SMILES string of the molecule is O=S(=O)(C[C@H](NO)[C@H]1CCCO1)N1Cc2ccc(F)cc2C1. The van der Waals surface area contributed by atoms with E-state index in [-0.39, 0.29) is 30.8 Å². The first-order valence-electron chi connectivity index (χ1n) is 7.26. The van der Waals surface area contributed by atoms with Gasteiger partial charge in [-0.15, -0.1) is 0 Å². The summed E-state index contributed by atoms with van der Waals surface area (Å²) >= 11 is 0. The van der Waals surface area contributed by atoms with Gasteiger partial charge in [0, 0.05) is 19.7 Å². The van der Waals surface area contributed by atoms with Gasteiger partial charge in [-0.05, 0) is 36.1 Å². The molecule has 0 aliphatic carbocycles. The molecule has 0 radical (unpaired) electrons. The Bertz CT molecular complexity index is 646. The van der Waals surface area contributed by atoms with Crippen LogP contribution in [-0.4, -0.2) is 42.4 Å². The van der Waals surface area contributed by atoms with Crippen LogP contribution in [-0.2, 0) is 27.8 Å². The molecule has 2 aliphatic rings. The van der Waals surface area contributed by atoms with Gasteiger partial charge in [0.1, 0.15) is 5.82 Å². The van der Waals surface area contributed by atoms with Gasteiger partial charge in [0.25, 0.3) is 0 Å². The number of fused-ring (bicyclic) bond motifs is 1. The highest BCUT2D eigenvalue weighted by atomic mass is 32.2. The molecule has 2 aliphatic heterocycles. The minimum atomic E-state index is -3.58. The summed E-state index contributed by atoms with van der Waals surface area (Å²) in [6, 6.07) is 3.65. The number of sulfonamides is 1. The minimum absolute atomic E-state index is 0.166. The van der Waals surface area contributed by atoms with Crippen LogP contribution in [0, 0.1) is 5.82 Å². The molecule has 0 unspecified atom stereocenters. The predicted octanol–water partition coefficient (Wildman–Crippen LogP) is 0.997. The fourth-order valence-corrected chi connectivity index (χ4v) is 4.63. The first kappa shape index (κ1) is 15.8. The molecule has 1 aromatic carbocycles. The van der Waals surface area contributed by atoms with Crippen molar-refractivity contribution in [3.8, 4) is 0 Å². The molecule has 1 fully saturated rings. The van der Waals surface area contributed by atoms with E-state index in [9.17, 15) is 18.0 Å². The summed E-state index contributed by atoms with van der Waals surface area (Å²) in [5, 5.41) is 9.24. The van der Waals surface area contributed by atoms with E-state index in [2.05, 4.69) is 5.48 Å². The van der Waals surface area contributed by atoms with Crippen LogP contribution in [0.15, 0.2) is 18.2 Å². The van der Waals surface area contributed by atoms with Gasteiger partial charge in [-0.1, -0.05) is 6.07 Å². The molecule has 2 heterocycles. The van der Waals surface area contributed by atoms with Gasteiger partial charge in [0.2, 0.25) is 10.0 Å². The maximum absolute atomic E-state index is 13.2. The summed E-state index contributed by atoms with van der Waals surface area (Å²) in [7, 11) is -3.58. The first-order chi connectivity index (χ1) is 10.5. The molecule has 3 rings (SSSR count). The number of benzene rings is 1. The van der Waals surface area contributed by atoms with E-state index in [0.717, 1.165) is 18.4 Å². The zero-order valence-corrected chi connectivity index (χ0v) is 12.9. The summed E-state index contributed by atoms with van der Waals surface area (Å²) in [5.74, 6) is -0.614. The maximum Gasteiger partial charge on any atom is 0.216 e. The zero-order chi connectivity index (χ0) is 15.7. The van der Waals surface area contributed by atoms with Gasteiger partial charge in [-0.2, -0.15) is 9.79 Å². The van der Waals surface area contributed by atoms with Crippen molar-refractivity contribution >= 4 is 10.0 Å². The molecule has 2 N–H and O–H groups in total. The Kier molecular flexibility index (Phi) is 4.47. The average Bonchev–Trinajstić information content (AvgIpc) is 3.13. The number of hydroxylamine groups is 1. The van der Waals surface area contributed by atoms with Crippen LogP contribution < -0.4 is 5.48 Å². The lowest BCUT2D eigenvalue weighted by Crippen LogP contribution is -2.46. The lowest BCUT2D eigenvalue weighted by Gasteiger charge is -2.24. The molecule has 6 nitrogen and oxygen atoms in total. The first-order valence-corrected chi connectivity index (χ1v) is 8.87. The topological polar surface area (TPSA) is 78.9 Å². The second kappa shape index (κ2) is 6.21. The van der Waals surface area contributed by atoms with Gasteiger partial charge in [0.05, 0.1) is 17.9 Å². The minimum Gasteiger partial charge on any atom is -0.376 e. The van der Waals surface area contributed by atoms with Crippen molar-refractivity contribution in [1.82, 2.24) is 9.79 Å². The van der Waals surface area contributed by atoms with E-state index in [0.29, 0.717) is 12.2 Å². The maximum atomic E-state index is 13.2.